The van der Waals surface area contributed by atoms with E-state index in [2.05, 4.69) is 21.2 Å². The molecule has 0 bridgehead atoms. The number of halogens is 1. The van der Waals surface area contributed by atoms with Crippen molar-refractivity contribution in [2.24, 2.45) is 0 Å². The maximum absolute atomic E-state index is 12.2. The minimum absolute atomic E-state index is 0.0106. The zero-order valence-corrected chi connectivity index (χ0v) is 16.5. The zero-order chi connectivity index (χ0) is 19.8. The van der Waals surface area contributed by atoms with Gasteiger partial charge in [0.05, 0.1) is 17.3 Å². The van der Waals surface area contributed by atoms with Crippen molar-refractivity contribution in [1.29, 1.82) is 5.26 Å². The Hall–Kier alpha value is -3.30. The van der Waals surface area contributed by atoms with Crippen molar-refractivity contribution in [1.82, 2.24) is 5.32 Å². The average molecular weight is 437 g/mol. The van der Waals surface area contributed by atoms with Gasteiger partial charge in [0.2, 0.25) is 0 Å². The lowest BCUT2D eigenvalue weighted by molar-refractivity contribution is -0.117. The van der Waals surface area contributed by atoms with Gasteiger partial charge in [-0.05, 0) is 57.4 Å². The van der Waals surface area contributed by atoms with E-state index in [0.29, 0.717) is 23.7 Å². The summed E-state index contributed by atoms with van der Waals surface area (Å²) in [6.45, 7) is 0.675. The molecule has 0 fully saturated rings. The number of carbonyl (C=O) groups is 1. The molecule has 0 spiro atoms. The molecule has 0 saturated heterocycles. The maximum atomic E-state index is 12.2. The van der Waals surface area contributed by atoms with Gasteiger partial charge < -0.3 is 14.5 Å². The van der Waals surface area contributed by atoms with Crippen molar-refractivity contribution in [3.05, 3.63) is 93.9 Å². The first-order chi connectivity index (χ1) is 13.7. The quantitative estimate of drug-likeness (QED) is 0.424. The maximum Gasteiger partial charge on any atom is 0.262 e. The molecule has 6 heteroatoms. The van der Waals surface area contributed by atoms with Crippen molar-refractivity contribution < 1.29 is 13.9 Å². The minimum atomic E-state index is -0.459. The molecule has 28 heavy (non-hydrogen) atoms. The molecule has 0 aliphatic carbocycles. The molecule has 0 atom stereocenters. The van der Waals surface area contributed by atoms with Gasteiger partial charge in [-0.1, -0.05) is 36.4 Å². The Morgan fingerprint density at radius 1 is 1.18 bits per heavy atom. The first kappa shape index (κ1) is 19.5. The van der Waals surface area contributed by atoms with Gasteiger partial charge in [-0.3, -0.25) is 4.79 Å². The summed E-state index contributed by atoms with van der Waals surface area (Å²) in [6.07, 6.45) is 3.06. The summed E-state index contributed by atoms with van der Waals surface area (Å²) in [4.78, 5) is 12.2. The Morgan fingerprint density at radius 2 is 2.00 bits per heavy atom. The molecule has 1 amide bonds. The van der Waals surface area contributed by atoms with Crippen LogP contribution in [0.2, 0.25) is 0 Å². The summed E-state index contributed by atoms with van der Waals surface area (Å²) in [5, 5.41) is 12.0. The Balaban J connectivity index is 1.65. The fourth-order valence-corrected chi connectivity index (χ4v) is 2.96. The average Bonchev–Trinajstić information content (AvgIpc) is 3.24. The molecule has 1 aromatic heterocycles. The molecular weight excluding hydrogens is 420 g/mol. The third kappa shape index (κ3) is 5.35. The second-order valence-electron chi connectivity index (χ2n) is 5.90. The summed E-state index contributed by atoms with van der Waals surface area (Å²) < 4.78 is 11.7. The molecule has 5 nitrogen and oxygen atoms in total. The molecular formula is C22H17BrN2O3. The molecule has 3 rings (SSSR count). The van der Waals surface area contributed by atoms with Crippen molar-refractivity contribution >= 4 is 27.9 Å². The van der Waals surface area contributed by atoms with Gasteiger partial charge in [0, 0.05) is 0 Å². The minimum Gasteiger partial charge on any atom is -0.488 e. The summed E-state index contributed by atoms with van der Waals surface area (Å²) in [5.41, 5.74) is 1.79. The van der Waals surface area contributed by atoms with Crippen molar-refractivity contribution in [2.45, 2.75) is 13.2 Å². The van der Waals surface area contributed by atoms with Gasteiger partial charge >= 0.3 is 0 Å². The Morgan fingerprint density at radius 3 is 2.68 bits per heavy atom. The van der Waals surface area contributed by atoms with Crippen molar-refractivity contribution in [3.63, 3.8) is 0 Å². The summed E-state index contributed by atoms with van der Waals surface area (Å²) >= 11 is 3.48. The highest BCUT2D eigenvalue weighted by atomic mass is 79.9. The van der Waals surface area contributed by atoms with Crippen LogP contribution in [-0.2, 0) is 17.9 Å². The first-order valence-corrected chi connectivity index (χ1v) is 9.33. The van der Waals surface area contributed by atoms with Gasteiger partial charge in [0.25, 0.3) is 5.91 Å². The molecule has 2 aromatic carbocycles. The normalized spacial score (nSPS) is 10.9. The van der Waals surface area contributed by atoms with Gasteiger partial charge in [-0.25, -0.2) is 0 Å². The van der Waals surface area contributed by atoms with Crippen LogP contribution in [-0.4, -0.2) is 5.91 Å². The zero-order valence-electron chi connectivity index (χ0n) is 14.9. The number of ether oxygens (including phenoxy) is 1. The van der Waals surface area contributed by atoms with E-state index in [1.807, 2.05) is 36.4 Å². The smallest absolute Gasteiger partial charge is 0.262 e. The highest BCUT2D eigenvalue weighted by Gasteiger charge is 2.10. The molecule has 3 aromatic rings. The van der Waals surface area contributed by atoms with E-state index in [4.69, 9.17) is 9.15 Å². The SMILES string of the molecule is N#C/C(=C\c1ccc(OCc2ccccc2)c(Br)c1)C(=O)NCc1ccco1. The van der Waals surface area contributed by atoms with Gasteiger partial charge in [0.1, 0.15) is 29.8 Å². The number of hydrogen-bond donors (Lipinski definition) is 1. The topological polar surface area (TPSA) is 75.3 Å². The number of furan rings is 1. The summed E-state index contributed by atoms with van der Waals surface area (Å²) in [7, 11) is 0. The number of hydrogen-bond acceptors (Lipinski definition) is 4. The third-order valence-electron chi connectivity index (χ3n) is 3.87. The van der Waals surface area contributed by atoms with E-state index in [1.54, 1.807) is 30.3 Å². The molecule has 140 valence electrons. The number of nitriles is 1. The Bertz CT molecular complexity index is 1010. The second kappa shape index (κ2) is 9.58. The van der Waals surface area contributed by atoms with Crippen LogP contribution >= 0.6 is 15.9 Å². The number of nitrogens with zero attached hydrogens (tertiary/aromatic N) is 1. The van der Waals surface area contributed by atoms with E-state index >= 15 is 0 Å². The highest BCUT2D eigenvalue weighted by Crippen LogP contribution is 2.27. The molecule has 0 saturated carbocycles. The number of carbonyl (C=O) groups excluding carboxylic acids is 1. The molecule has 1 N–H and O–H groups in total. The Kier molecular flexibility index (Phi) is 6.66. The van der Waals surface area contributed by atoms with Crippen molar-refractivity contribution in [2.75, 3.05) is 0 Å². The van der Waals surface area contributed by atoms with E-state index < -0.39 is 5.91 Å². The predicted octanol–water partition coefficient (Wildman–Crippen LogP) is 4.84. The van der Waals surface area contributed by atoms with Crippen LogP contribution in [0.1, 0.15) is 16.9 Å². The Labute approximate surface area is 171 Å². The van der Waals surface area contributed by atoms with E-state index in [-0.39, 0.29) is 12.1 Å². The fraction of sp³-hybridized carbons (Fsp3) is 0.0909. The van der Waals surface area contributed by atoms with Crippen LogP contribution in [0.3, 0.4) is 0 Å². The number of rotatable bonds is 7. The summed E-state index contributed by atoms with van der Waals surface area (Å²) in [6, 6.07) is 20.7. The van der Waals surface area contributed by atoms with E-state index in [0.717, 1.165) is 10.0 Å². The lowest BCUT2D eigenvalue weighted by Gasteiger charge is -2.09. The van der Waals surface area contributed by atoms with E-state index in [1.165, 1.54) is 12.3 Å². The first-order valence-electron chi connectivity index (χ1n) is 8.54. The standard InChI is InChI=1S/C22H17BrN2O3/c23-20-12-17(8-9-21(20)28-15-16-5-2-1-3-6-16)11-18(13-24)22(26)25-14-19-7-4-10-27-19/h1-12H,14-15H2,(H,25,26)/b18-11+. The van der Waals surface area contributed by atoms with Crippen LogP contribution in [0.25, 0.3) is 6.08 Å². The van der Waals surface area contributed by atoms with Gasteiger partial charge in [-0.2, -0.15) is 5.26 Å². The van der Waals surface area contributed by atoms with Crippen LogP contribution < -0.4 is 10.1 Å². The predicted molar refractivity (Wildman–Crippen MR) is 109 cm³/mol. The second-order valence-corrected chi connectivity index (χ2v) is 6.75. The molecule has 1 heterocycles. The highest BCUT2D eigenvalue weighted by molar-refractivity contribution is 9.10. The lowest BCUT2D eigenvalue weighted by Crippen LogP contribution is -2.23. The van der Waals surface area contributed by atoms with Crippen LogP contribution in [0.4, 0.5) is 0 Å². The molecule has 0 unspecified atom stereocenters. The number of benzene rings is 2. The number of amides is 1. The lowest BCUT2D eigenvalue weighted by atomic mass is 10.1. The number of nitrogens with one attached hydrogen (secondary N) is 1. The van der Waals surface area contributed by atoms with Crippen LogP contribution in [0.15, 0.2) is 81.4 Å². The molecule has 0 radical (unpaired) electrons. The molecule has 0 aliphatic heterocycles. The van der Waals surface area contributed by atoms with E-state index in [9.17, 15) is 10.1 Å². The third-order valence-corrected chi connectivity index (χ3v) is 4.49. The summed E-state index contributed by atoms with van der Waals surface area (Å²) in [5.74, 6) is 0.842. The largest absolute Gasteiger partial charge is 0.488 e. The van der Waals surface area contributed by atoms with Crippen molar-refractivity contribution in [3.8, 4) is 11.8 Å². The monoisotopic (exact) mass is 436 g/mol. The molecule has 0 aliphatic rings. The van der Waals surface area contributed by atoms with Gasteiger partial charge in [0.15, 0.2) is 0 Å². The van der Waals surface area contributed by atoms with Crippen LogP contribution in [0.5, 0.6) is 5.75 Å². The van der Waals surface area contributed by atoms with Gasteiger partial charge in [-0.15, -0.1) is 0 Å². The fourth-order valence-electron chi connectivity index (χ4n) is 2.45. The van der Waals surface area contributed by atoms with Crippen LogP contribution in [0, 0.1) is 11.3 Å².